The molecule has 0 spiro atoms. The molecule has 42 heavy (non-hydrogen) atoms. The summed E-state index contributed by atoms with van der Waals surface area (Å²) in [4.78, 5) is 37.8. The number of carbonyl (C=O) groups excluding carboxylic acids is 2. The number of benzene rings is 2. The van der Waals surface area contributed by atoms with E-state index >= 15 is 0 Å². The first-order valence-corrected chi connectivity index (χ1v) is 13.7. The maximum atomic E-state index is 11.2. The van der Waals surface area contributed by atoms with Crippen molar-refractivity contribution < 1.29 is 19.1 Å². The number of para-hydroxylation sites is 2. The van der Waals surface area contributed by atoms with Gasteiger partial charge in [-0.25, -0.2) is 4.98 Å². The molecular formula is C33H22N4O4S. The largest absolute Gasteiger partial charge is 0.429 e. The Hall–Kier alpha value is -5.67. The van der Waals surface area contributed by atoms with Gasteiger partial charge in [0.1, 0.15) is 16.5 Å². The van der Waals surface area contributed by atoms with Crippen molar-refractivity contribution in [2.75, 3.05) is 4.90 Å². The molecule has 0 aliphatic heterocycles. The van der Waals surface area contributed by atoms with E-state index in [1.807, 2.05) is 48.5 Å². The standard InChI is InChI=1S/C33H22N4O4S/c38-21-40-27-12-14-35-30(17-27)32-19-28(41-22-39)18-31(36-32)29-15-23(11-13-34-29)24-16-33(42-20-24)37(25-7-3-1-4-8-25)26-9-5-2-6-10-26/h1-22H. The number of ether oxygens (including phenoxy) is 2. The summed E-state index contributed by atoms with van der Waals surface area (Å²) in [5, 5.41) is 3.17. The zero-order valence-electron chi connectivity index (χ0n) is 22.0. The molecule has 9 heteroatoms. The zero-order chi connectivity index (χ0) is 28.7. The molecule has 2 aromatic carbocycles. The van der Waals surface area contributed by atoms with E-state index in [4.69, 9.17) is 14.5 Å². The van der Waals surface area contributed by atoms with Crippen LogP contribution < -0.4 is 14.4 Å². The SMILES string of the molecule is O=COc1ccnc(-c2cc(OC=O)cc(-c3cc(-c4csc(N(c5ccccc5)c5ccccc5)c4)ccn3)n2)c1. The van der Waals surface area contributed by atoms with Gasteiger partial charge in [-0.05, 0) is 59.7 Å². The lowest BCUT2D eigenvalue weighted by Gasteiger charge is -2.23. The number of rotatable bonds is 10. The van der Waals surface area contributed by atoms with Crippen LogP contribution in [0, 0.1) is 0 Å². The van der Waals surface area contributed by atoms with Crippen LogP contribution in [0.4, 0.5) is 16.4 Å². The van der Waals surface area contributed by atoms with Gasteiger partial charge in [-0.2, -0.15) is 0 Å². The van der Waals surface area contributed by atoms with Crippen LogP contribution in [0.1, 0.15) is 0 Å². The van der Waals surface area contributed by atoms with Crippen molar-refractivity contribution in [3.63, 3.8) is 0 Å². The summed E-state index contributed by atoms with van der Waals surface area (Å²) in [6, 6.07) is 32.9. The molecule has 0 radical (unpaired) electrons. The minimum absolute atomic E-state index is 0.278. The lowest BCUT2D eigenvalue weighted by Crippen LogP contribution is -2.07. The summed E-state index contributed by atoms with van der Waals surface area (Å²) in [7, 11) is 0. The van der Waals surface area contributed by atoms with Gasteiger partial charge in [-0.3, -0.25) is 19.6 Å². The highest BCUT2D eigenvalue weighted by Gasteiger charge is 2.16. The first kappa shape index (κ1) is 26.5. The molecule has 0 atom stereocenters. The fraction of sp³-hybridized carbons (Fsp3) is 0. The van der Waals surface area contributed by atoms with E-state index in [9.17, 15) is 9.59 Å². The molecule has 4 heterocycles. The van der Waals surface area contributed by atoms with Crippen LogP contribution in [0.15, 0.2) is 121 Å². The minimum atomic E-state index is 0.278. The predicted octanol–water partition coefficient (Wildman–Crippen LogP) is 7.47. The molecule has 4 aromatic heterocycles. The van der Waals surface area contributed by atoms with Gasteiger partial charge in [0.25, 0.3) is 12.9 Å². The summed E-state index contributed by atoms with van der Waals surface area (Å²) >= 11 is 1.64. The van der Waals surface area contributed by atoms with Gasteiger partial charge < -0.3 is 14.4 Å². The molecule has 0 saturated heterocycles. The maximum Gasteiger partial charge on any atom is 0.298 e. The first-order valence-electron chi connectivity index (χ1n) is 12.9. The third-order valence-electron chi connectivity index (χ3n) is 6.35. The second kappa shape index (κ2) is 12.2. The van der Waals surface area contributed by atoms with Gasteiger partial charge in [0.05, 0.1) is 22.8 Å². The summed E-state index contributed by atoms with van der Waals surface area (Å²) in [5.41, 5.74) is 6.03. The molecule has 0 saturated carbocycles. The monoisotopic (exact) mass is 570 g/mol. The highest BCUT2D eigenvalue weighted by Crippen LogP contribution is 2.41. The average Bonchev–Trinajstić information content (AvgIpc) is 3.52. The van der Waals surface area contributed by atoms with E-state index in [-0.39, 0.29) is 5.75 Å². The summed E-state index contributed by atoms with van der Waals surface area (Å²) in [6.45, 7) is 0.693. The summed E-state index contributed by atoms with van der Waals surface area (Å²) in [5.74, 6) is 0.591. The van der Waals surface area contributed by atoms with Crippen LogP contribution in [-0.2, 0) is 9.59 Å². The number of thiophene rings is 1. The Bertz CT molecular complexity index is 1800. The number of pyridine rings is 3. The Labute approximate surface area is 245 Å². The summed E-state index contributed by atoms with van der Waals surface area (Å²) < 4.78 is 10.1. The minimum Gasteiger partial charge on any atom is -0.429 e. The maximum absolute atomic E-state index is 11.2. The van der Waals surface area contributed by atoms with E-state index < -0.39 is 0 Å². The number of aromatic nitrogens is 3. The normalized spacial score (nSPS) is 10.6. The Morgan fingerprint density at radius 1 is 0.595 bits per heavy atom. The van der Waals surface area contributed by atoms with E-state index in [0.717, 1.165) is 27.5 Å². The summed E-state index contributed by atoms with van der Waals surface area (Å²) in [6.07, 6.45) is 3.23. The van der Waals surface area contributed by atoms with Crippen molar-refractivity contribution in [2.24, 2.45) is 0 Å². The van der Waals surface area contributed by atoms with Gasteiger partial charge in [0.15, 0.2) is 0 Å². The molecule has 0 amide bonds. The smallest absolute Gasteiger partial charge is 0.298 e. The van der Waals surface area contributed by atoms with E-state index in [1.54, 1.807) is 41.8 Å². The zero-order valence-corrected chi connectivity index (χ0v) is 22.8. The van der Waals surface area contributed by atoms with Crippen molar-refractivity contribution >= 4 is 40.7 Å². The second-order valence-electron chi connectivity index (χ2n) is 8.99. The van der Waals surface area contributed by atoms with E-state index in [1.165, 1.54) is 6.20 Å². The molecule has 0 bridgehead atoms. The quantitative estimate of drug-likeness (QED) is 0.157. The second-order valence-corrected chi connectivity index (χ2v) is 9.88. The molecule has 6 aromatic rings. The fourth-order valence-electron chi connectivity index (χ4n) is 4.47. The molecule has 8 nitrogen and oxygen atoms in total. The van der Waals surface area contributed by atoms with Crippen LogP contribution >= 0.6 is 11.3 Å². The van der Waals surface area contributed by atoms with Crippen molar-refractivity contribution in [3.8, 4) is 45.4 Å². The number of hydrogen-bond donors (Lipinski definition) is 0. The van der Waals surface area contributed by atoms with Gasteiger partial charge in [-0.15, -0.1) is 11.3 Å². The molecule has 0 aliphatic rings. The molecule has 0 aliphatic carbocycles. The van der Waals surface area contributed by atoms with Gasteiger partial charge in [-0.1, -0.05) is 36.4 Å². The lowest BCUT2D eigenvalue weighted by atomic mass is 10.1. The van der Waals surface area contributed by atoms with Crippen molar-refractivity contribution in [2.45, 2.75) is 0 Å². The Balaban J connectivity index is 1.37. The molecule has 0 fully saturated rings. The molecule has 204 valence electrons. The van der Waals surface area contributed by atoms with Gasteiger partial charge >= 0.3 is 0 Å². The highest BCUT2D eigenvalue weighted by atomic mass is 32.1. The number of nitrogens with zero attached hydrogens (tertiary/aromatic N) is 4. The average molecular weight is 571 g/mol. The van der Waals surface area contributed by atoms with E-state index in [2.05, 4.69) is 50.6 Å². The Morgan fingerprint density at radius 2 is 1.17 bits per heavy atom. The topological polar surface area (TPSA) is 94.5 Å². The number of carbonyl (C=O) groups is 2. The first-order chi connectivity index (χ1) is 20.7. The van der Waals surface area contributed by atoms with Crippen molar-refractivity contribution in [1.82, 2.24) is 15.0 Å². The third-order valence-corrected chi connectivity index (χ3v) is 7.27. The highest BCUT2D eigenvalue weighted by molar-refractivity contribution is 7.14. The molecule has 0 N–H and O–H groups in total. The Morgan fingerprint density at radius 3 is 1.81 bits per heavy atom. The number of anilines is 3. The number of hydrogen-bond acceptors (Lipinski definition) is 9. The van der Waals surface area contributed by atoms with Crippen LogP contribution in [-0.4, -0.2) is 27.9 Å². The van der Waals surface area contributed by atoms with Crippen LogP contribution in [0.2, 0.25) is 0 Å². The van der Waals surface area contributed by atoms with Crippen molar-refractivity contribution in [3.05, 3.63) is 121 Å². The third kappa shape index (κ3) is 5.77. The van der Waals surface area contributed by atoms with Crippen molar-refractivity contribution in [1.29, 1.82) is 0 Å². The van der Waals surface area contributed by atoms with E-state index in [0.29, 0.717) is 41.5 Å². The molecule has 6 rings (SSSR count). The van der Waals surface area contributed by atoms with Crippen LogP contribution in [0.5, 0.6) is 11.5 Å². The van der Waals surface area contributed by atoms with Gasteiger partial charge in [0.2, 0.25) is 0 Å². The lowest BCUT2D eigenvalue weighted by molar-refractivity contribution is -0.121. The van der Waals surface area contributed by atoms with Crippen LogP contribution in [0.25, 0.3) is 33.9 Å². The van der Waals surface area contributed by atoms with Gasteiger partial charge in [0, 0.05) is 47.3 Å². The predicted molar refractivity (Wildman–Crippen MR) is 162 cm³/mol. The molecule has 0 unspecified atom stereocenters. The van der Waals surface area contributed by atoms with Crippen LogP contribution in [0.3, 0.4) is 0 Å². The molecular weight excluding hydrogens is 548 g/mol. The Kier molecular flexibility index (Phi) is 7.74. The fourth-order valence-corrected chi connectivity index (χ4v) is 5.44.